The molecule has 1 aliphatic heterocycles. The summed E-state index contributed by atoms with van der Waals surface area (Å²) in [7, 11) is 1.59. The molecule has 0 atom stereocenters. The van der Waals surface area contributed by atoms with Gasteiger partial charge in [0.1, 0.15) is 11.5 Å². The average molecular weight is 355 g/mol. The first-order valence-electron chi connectivity index (χ1n) is 8.53. The third-order valence-electron chi connectivity index (χ3n) is 3.77. The molecule has 138 valence electrons. The first-order valence-corrected chi connectivity index (χ1v) is 8.53. The summed E-state index contributed by atoms with van der Waals surface area (Å²) in [5, 5.41) is 16.3. The molecule has 0 radical (unpaired) electrons. The normalized spacial score (nSPS) is 14.8. The van der Waals surface area contributed by atoms with Gasteiger partial charge >= 0.3 is 0 Å². The third-order valence-corrected chi connectivity index (χ3v) is 3.77. The van der Waals surface area contributed by atoms with Crippen LogP contribution in [0.4, 0.5) is 0 Å². The lowest BCUT2D eigenvalue weighted by atomic mass is 10.2. The van der Waals surface area contributed by atoms with Crippen LogP contribution in [0.5, 0.6) is 5.75 Å². The number of benzene rings is 1. The molecule has 0 saturated carbocycles. The highest BCUT2D eigenvalue weighted by Crippen LogP contribution is 2.13. The minimum Gasteiger partial charge on any atom is -0.497 e. The molecule has 0 saturated heterocycles. The smallest absolute Gasteiger partial charge is 0.291 e. The quantitative estimate of drug-likeness (QED) is 0.485. The van der Waals surface area contributed by atoms with Gasteiger partial charge in [0, 0.05) is 18.7 Å². The molecule has 6 heteroatoms. The lowest BCUT2D eigenvalue weighted by Gasteiger charge is -2.23. The molecule has 26 heavy (non-hydrogen) atoms. The predicted octanol–water partition coefficient (Wildman–Crippen LogP) is 4.06. The highest BCUT2D eigenvalue weighted by atomic mass is 16.5. The number of methoxy groups -OCH3 is 1. The van der Waals surface area contributed by atoms with Crippen molar-refractivity contribution in [1.29, 1.82) is 10.8 Å². The molecule has 1 aliphatic rings. The van der Waals surface area contributed by atoms with Crippen LogP contribution in [0, 0.1) is 10.8 Å². The van der Waals surface area contributed by atoms with E-state index in [0.29, 0.717) is 24.4 Å². The first-order chi connectivity index (χ1) is 12.6. The second-order valence-electron chi connectivity index (χ2n) is 5.63. The Labute approximate surface area is 154 Å². The Balaban J connectivity index is 1.94. The van der Waals surface area contributed by atoms with Crippen molar-refractivity contribution in [2.45, 2.75) is 19.8 Å². The largest absolute Gasteiger partial charge is 0.497 e. The lowest BCUT2D eigenvalue weighted by Crippen LogP contribution is -2.35. The zero-order chi connectivity index (χ0) is 18.8. The fourth-order valence-corrected chi connectivity index (χ4v) is 2.37. The van der Waals surface area contributed by atoms with E-state index in [0.717, 1.165) is 18.6 Å². The maximum absolute atomic E-state index is 8.19. The summed E-state index contributed by atoms with van der Waals surface area (Å²) in [4.78, 5) is 1.82. The number of rotatable bonds is 4. The van der Waals surface area contributed by atoms with E-state index in [1.807, 2.05) is 36.1 Å². The lowest BCUT2D eigenvalue weighted by molar-refractivity contribution is 0.335. The van der Waals surface area contributed by atoms with Gasteiger partial charge in [-0.15, -0.1) is 0 Å². The SMILES string of the molecule is C/C=C/OC1=CCCN(C(=N)OC(=N)c2ccc(OC)cc2)CCC=C1. The highest BCUT2D eigenvalue weighted by Gasteiger charge is 2.14. The topological polar surface area (TPSA) is 78.6 Å². The monoisotopic (exact) mass is 355 g/mol. The van der Waals surface area contributed by atoms with Crippen LogP contribution in [-0.2, 0) is 9.47 Å². The molecule has 2 rings (SSSR count). The number of nitrogens with one attached hydrogen (secondary N) is 2. The van der Waals surface area contributed by atoms with Crippen molar-refractivity contribution in [3.63, 3.8) is 0 Å². The molecular weight excluding hydrogens is 330 g/mol. The Hall–Kier alpha value is -3.02. The minimum atomic E-state index is -0.0549. The molecule has 0 spiro atoms. The van der Waals surface area contributed by atoms with Gasteiger partial charge in [0.05, 0.1) is 13.4 Å². The molecule has 0 fully saturated rings. The van der Waals surface area contributed by atoms with Crippen molar-refractivity contribution in [2.75, 3.05) is 20.2 Å². The van der Waals surface area contributed by atoms with Crippen molar-refractivity contribution < 1.29 is 14.2 Å². The predicted molar refractivity (Wildman–Crippen MR) is 103 cm³/mol. The van der Waals surface area contributed by atoms with Crippen LogP contribution in [0.15, 0.2) is 60.6 Å². The molecule has 1 aromatic rings. The van der Waals surface area contributed by atoms with Crippen LogP contribution in [0.3, 0.4) is 0 Å². The van der Waals surface area contributed by atoms with Gasteiger partial charge in [-0.05, 0) is 56.2 Å². The Morgan fingerprint density at radius 2 is 1.85 bits per heavy atom. The molecule has 0 amide bonds. The molecule has 0 unspecified atom stereocenters. The number of hydrogen-bond donors (Lipinski definition) is 2. The second kappa shape index (κ2) is 10.1. The summed E-state index contributed by atoms with van der Waals surface area (Å²) in [5.74, 6) is 1.45. The van der Waals surface area contributed by atoms with Crippen molar-refractivity contribution in [3.8, 4) is 5.75 Å². The maximum Gasteiger partial charge on any atom is 0.291 e. The molecule has 0 bridgehead atoms. The van der Waals surface area contributed by atoms with E-state index in [9.17, 15) is 0 Å². The molecule has 1 heterocycles. The van der Waals surface area contributed by atoms with Gasteiger partial charge in [-0.25, -0.2) is 0 Å². The van der Waals surface area contributed by atoms with Gasteiger partial charge in [-0.2, -0.15) is 0 Å². The van der Waals surface area contributed by atoms with Gasteiger partial charge < -0.3 is 19.1 Å². The van der Waals surface area contributed by atoms with Crippen LogP contribution in [0.25, 0.3) is 0 Å². The molecule has 1 aromatic carbocycles. The second-order valence-corrected chi connectivity index (χ2v) is 5.63. The standard InChI is InChI=1S/C20H25N3O3/c1-3-15-25-18-7-4-5-13-23(14-6-8-18)20(22)26-19(21)16-9-11-17(24-2)12-10-16/h3-4,7-12,15,21-22H,5-6,13-14H2,1-2H3/b7-4?,15-3+,18-8?,21-19?,22-20?. The maximum atomic E-state index is 8.19. The van der Waals surface area contributed by atoms with Gasteiger partial charge in [-0.3, -0.25) is 10.8 Å². The number of hydrogen-bond acceptors (Lipinski definition) is 5. The number of allylic oxidation sites excluding steroid dienone is 2. The van der Waals surface area contributed by atoms with Crippen LogP contribution in [0.2, 0.25) is 0 Å². The van der Waals surface area contributed by atoms with E-state index < -0.39 is 0 Å². The Morgan fingerprint density at radius 1 is 1.12 bits per heavy atom. The Kier molecular flexibility index (Phi) is 7.49. The van der Waals surface area contributed by atoms with Crippen LogP contribution >= 0.6 is 0 Å². The van der Waals surface area contributed by atoms with Gasteiger partial charge in [0.2, 0.25) is 5.90 Å². The van der Waals surface area contributed by atoms with E-state index in [1.165, 1.54) is 0 Å². The van der Waals surface area contributed by atoms with E-state index >= 15 is 0 Å². The zero-order valence-corrected chi connectivity index (χ0v) is 15.2. The van der Waals surface area contributed by atoms with E-state index in [1.54, 1.807) is 37.6 Å². The number of amidine groups is 1. The highest BCUT2D eigenvalue weighted by molar-refractivity contribution is 5.98. The number of nitrogens with zero attached hydrogens (tertiary/aromatic N) is 1. The summed E-state index contributed by atoms with van der Waals surface area (Å²) in [6.07, 6.45) is 10.9. The molecular formula is C20H25N3O3. The average Bonchev–Trinajstić information content (AvgIpc) is 2.78. The van der Waals surface area contributed by atoms with E-state index in [2.05, 4.69) is 0 Å². The Morgan fingerprint density at radius 3 is 2.54 bits per heavy atom. The van der Waals surface area contributed by atoms with Gasteiger partial charge in [-0.1, -0.05) is 12.2 Å². The summed E-state index contributed by atoms with van der Waals surface area (Å²) in [6.45, 7) is 3.17. The Bertz CT molecular complexity index is 706. The molecule has 0 aromatic heterocycles. The third kappa shape index (κ3) is 5.81. The van der Waals surface area contributed by atoms with E-state index in [-0.39, 0.29) is 11.9 Å². The fourth-order valence-electron chi connectivity index (χ4n) is 2.37. The summed E-state index contributed by atoms with van der Waals surface area (Å²) in [6, 6.07) is 6.98. The summed E-state index contributed by atoms with van der Waals surface area (Å²) in [5.41, 5.74) is 0.599. The zero-order valence-electron chi connectivity index (χ0n) is 15.2. The van der Waals surface area contributed by atoms with Gasteiger partial charge in [0.25, 0.3) is 6.02 Å². The molecule has 6 nitrogen and oxygen atoms in total. The van der Waals surface area contributed by atoms with Crippen molar-refractivity contribution in [1.82, 2.24) is 4.90 Å². The van der Waals surface area contributed by atoms with Crippen molar-refractivity contribution in [2.24, 2.45) is 0 Å². The molecule has 0 aliphatic carbocycles. The van der Waals surface area contributed by atoms with E-state index in [4.69, 9.17) is 25.0 Å². The van der Waals surface area contributed by atoms with Crippen LogP contribution in [-0.4, -0.2) is 37.0 Å². The van der Waals surface area contributed by atoms with Crippen LogP contribution < -0.4 is 4.74 Å². The fraction of sp³-hybridized carbons (Fsp3) is 0.300. The van der Waals surface area contributed by atoms with Crippen molar-refractivity contribution in [3.05, 3.63) is 66.2 Å². The summed E-state index contributed by atoms with van der Waals surface area (Å²) >= 11 is 0. The first kappa shape index (κ1) is 19.3. The summed E-state index contributed by atoms with van der Waals surface area (Å²) < 4.78 is 16.1. The minimum absolute atomic E-state index is 0.0227. The van der Waals surface area contributed by atoms with Gasteiger partial charge in [0.15, 0.2) is 0 Å². The number of ether oxygens (including phenoxy) is 3. The molecule has 2 N–H and O–H groups in total. The van der Waals surface area contributed by atoms with Crippen LogP contribution in [0.1, 0.15) is 25.3 Å². The van der Waals surface area contributed by atoms with Crippen molar-refractivity contribution >= 4 is 11.9 Å².